The number of rotatable bonds is 13. The second-order valence-corrected chi connectivity index (χ2v) is 11.0. The van der Waals surface area contributed by atoms with Gasteiger partial charge in [-0.2, -0.15) is 0 Å². The number of carbonyl (C=O) groups excluding carboxylic acids is 1. The van der Waals surface area contributed by atoms with Gasteiger partial charge in [-0.3, -0.25) is 14.5 Å². The van der Waals surface area contributed by atoms with Gasteiger partial charge >= 0.3 is 4.87 Å². The van der Waals surface area contributed by atoms with Crippen LogP contribution in [0.1, 0.15) is 49.7 Å². The molecule has 10 heteroatoms. The number of H-pyrrole nitrogens is 1. The highest BCUT2D eigenvalue weighted by molar-refractivity contribution is 7.16. The quantitative estimate of drug-likeness (QED) is 0.299. The Morgan fingerprint density at radius 1 is 1.00 bits per heavy atom. The van der Waals surface area contributed by atoms with Crippen molar-refractivity contribution in [2.24, 2.45) is 5.73 Å². The van der Waals surface area contributed by atoms with E-state index >= 15 is 0 Å². The molecule has 0 saturated heterocycles. The Bertz CT molecular complexity index is 1290. The first-order valence-corrected chi connectivity index (χ1v) is 14.1. The summed E-state index contributed by atoms with van der Waals surface area (Å²) in [5.74, 6) is -1.99. The van der Waals surface area contributed by atoms with E-state index in [1.807, 2.05) is 6.07 Å². The van der Waals surface area contributed by atoms with Gasteiger partial charge in [0.1, 0.15) is 11.3 Å². The fourth-order valence-electron chi connectivity index (χ4n) is 5.35. The molecule has 2 aromatic carbocycles. The number of aromatic amines is 1. The van der Waals surface area contributed by atoms with E-state index in [0.717, 1.165) is 60.0 Å². The Morgan fingerprint density at radius 3 is 2.53 bits per heavy atom. The lowest BCUT2D eigenvalue weighted by molar-refractivity contribution is -0.118. The summed E-state index contributed by atoms with van der Waals surface area (Å²) in [4.78, 5) is 30.5. The zero-order valence-corrected chi connectivity index (χ0v) is 22.4. The van der Waals surface area contributed by atoms with Crippen LogP contribution in [0, 0.1) is 11.6 Å². The number of benzene rings is 2. The van der Waals surface area contributed by atoms with E-state index in [1.54, 1.807) is 12.1 Å². The topological polar surface area (TPSA) is 103 Å². The Labute approximate surface area is 225 Å². The Morgan fingerprint density at radius 2 is 1.76 bits per heavy atom. The summed E-state index contributed by atoms with van der Waals surface area (Å²) in [6.07, 6.45) is 7.14. The first kappa shape index (κ1) is 28.2. The molecule has 4 N–H and O–H groups in total. The average Bonchev–Trinajstić information content (AvgIpc) is 3.31. The summed E-state index contributed by atoms with van der Waals surface area (Å²) in [7, 11) is 0. The number of thiazole rings is 1. The fourth-order valence-corrected chi connectivity index (χ4v) is 6.25. The molecule has 1 heterocycles. The van der Waals surface area contributed by atoms with Gasteiger partial charge in [0.25, 0.3) is 0 Å². The highest BCUT2D eigenvalue weighted by atomic mass is 32.1. The average molecular weight is 547 g/mol. The number of nitrogens with zero attached hydrogens (tertiary/aromatic N) is 2. The SMILES string of the molecule is NC(=O)CCN(CCc1cccc(F)c1F)CCN(CCc1ccc(O)c2[nH]c(=O)sc12)C1CCCCC1. The van der Waals surface area contributed by atoms with Crippen LogP contribution in [0.3, 0.4) is 0 Å². The van der Waals surface area contributed by atoms with Gasteiger partial charge in [-0.25, -0.2) is 8.78 Å². The summed E-state index contributed by atoms with van der Waals surface area (Å²) in [5.41, 5.74) is 7.24. The normalized spacial score (nSPS) is 14.6. The zero-order chi connectivity index (χ0) is 27.1. The molecule has 0 aliphatic heterocycles. The first-order chi connectivity index (χ1) is 18.3. The first-order valence-electron chi connectivity index (χ1n) is 13.3. The highest BCUT2D eigenvalue weighted by Gasteiger charge is 2.22. The molecule has 1 aliphatic rings. The molecule has 1 aliphatic carbocycles. The molecule has 7 nitrogen and oxygen atoms in total. The molecular weight excluding hydrogens is 510 g/mol. The maximum Gasteiger partial charge on any atom is 0.305 e. The van der Waals surface area contributed by atoms with Crippen molar-refractivity contribution in [3.05, 3.63) is 62.8 Å². The molecule has 206 valence electrons. The van der Waals surface area contributed by atoms with E-state index < -0.39 is 17.5 Å². The lowest BCUT2D eigenvalue weighted by Crippen LogP contribution is -2.44. The lowest BCUT2D eigenvalue weighted by Gasteiger charge is -2.36. The van der Waals surface area contributed by atoms with Crippen LogP contribution in [0.15, 0.2) is 35.1 Å². The van der Waals surface area contributed by atoms with Crippen LogP contribution >= 0.6 is 11.3 Å². The maximum absolute atomic E-state index is 14.2. The fraction of sp³-hybridized carbons (Fsp3) is 0.500. The maximum atomic E-state index is 14.2. The number of carbonyl (C=O) groups is 1. The number of nitrogens with one attached hydrogen (secondary N) is 1. The highest BCUT2D eigenvalue weighted by Crippen LogP contribution is 2.29. The number of nitrogens with two attached hydrogens (primary N) is 1. The standard InChI is InChI=1S/C28H36F2N4O3S/c29-22-8-4-5-19(25(22)30)11-14-33(15-13-24(31)36)17-18-34(21-6-2-1-3-7-21)16-12-20-9-10-23(35)26-27(20)38-28(37)32-26/h4-5,8-10,21,35H,1-3,6-7,11-18H2,(H2,31,36)(H,32,37). The van der Waals surface area contributed by atoms with Gasteiger partial charge in [-0.15, -0.1) is 0 Å². The van der Waals surface area contributed by atoms with Gasteiger partial charge in [0, 0.05) is 45.2 Å². The van der Waals surface area contributed by atoms with Crippen molar-refractivity contribution in [3.8, 4) is 5.75 Å². The lowest BCUT2D eigenvalue weighted by atomic mass is 9.93. The van der Waals surface area contributed by atoms with Crippen molar-refractivity contribution in [2.45, 2.75) is 57.4 Å². The number of amides is 1. The molecule has 1 amide bonds. The van der Waals surface area contributed by atoms with E-state index in [4.69, 9.17) is 5.73 Å². The number of phenolic OH excluding ortho intramolecular Hbond substituents is 1. The molecule has 1 fully saturated rings. The van der Waals surface area contributed by atoms with E-state index in [0.29, 0.717) is 43.2 Å². The molecule has 3 aromatic rings. The summed E-state index contributed by atoms with van der Waals surface area (Å²) in [6, 6.07) is 8.16. The predicted octanol–water partition coefficient (Wildman–Crippen LogP) is 4.17. The minimum absolute atomic E-state index is 0.0751. The second kappa shape index (κ2) is 13.3. The molecule has 1 aromatic heterocycles. The molecule has 0 bridgehead atoms. The number of hydrogen-bond donors (Lipinski definition) is 3. The molecule has 0 atom stereocenters. The Kier molecular flexibility index (Phi) is 9.87. The van der Waals surface area contributed by atoms with E-state index in [2.05, 4.69) is 14.8 Å². The van der Waals surface area contributed by atoms with Crippen LogP contribution in [-0.4, -0.2) is 64.6 Å². The number of halogens is 2. The third-order valence-corrected chi connectivity index (χ3v) is 8.46. The third kappa shape index (κ3) is 7.39. The van der Waals surface area contributed by atoms with Crippen molar-refractivity contribution in [3.63, 3.8) is 0 Å². The van der Waals surface area contributed by atoms with E-state index in [-0.39, 0.29) is 17.0 Å². The zero-order valence-electron chi connectivity index (χ0n) is 21.6. The van der Waals surface area contributed by atoms with Crippen LogP contribution in [-0.2, 0) is 17.6 Å². The van der Waals surface area contributed by atoms with Gasteiger partial charge < -0.3 is 20.7 Å². The molecule has 4 rings (SSSR count). The predicted molar refractivity (Wildman–Crippen MR) is 147 cm³/mol. The van der Waals surface area contributed by atoms with Crippen LogP contribution in [0.5, 0.6) is 5.75 Å². The number of hydrogen-bond acceptors (Lipinski definition) is 6. The molecule has 38 heavy (non-hydrogen) atoms. The van der Waals surface area contributed by atoms with Gasteiger partial charge in [0.15, 0.2) is 11.6 Å². The summed E-state index contributed by atoms with van der Waals surface area (Å²) in [6.45, 7) is 3.17. The number of aromatic hydroxyl groups is 1. The molecule has 0 spiro atoms. The van der Waals surface area contributed by atoms with Crippen molar-refractivity contribution in [1.82, 2.24) is 14.8 Å². The Hall–Kier alpha value is -2.82. The van der Waals surface area contributed by atoms with Crippen LogP contribution < -0.4 is 10.6 Å². The smallest absolute Gasteiger partial charge is 0.305 e. The van der Waals surface area contributed by atoms with Crippen LogP contribution in [0.25, 0.3) is 10.2 Å². The van der Waals surface area contributed by atoms with Crippen LogP contribution in [0.2, 0.25) is 0 Å². The van der Waals surface area contributed by atoms with Crippen molar-refractivity contribution < 1.29 is 18.7 Å². The minimum Gasteiger partial charge on any atom is -0.506 e. The van der Waals surface area contributed by atoms with Gasteiger partial charge in [-0.05, 0) is 48.9 Å². The Balaban J connectivity index is 1.45. The van der Waals surface area contributed by atoms with E-state index in [1.165, 1.54) is 25.3 Å². The van der Waals surface area contributed by atoms with Gasteiger partial charge in [-0.1, -0.05) is 48.8 Å². The van der Waals surface area contributed by atoms with Gasteiger partial charge in [0.2, 0.25) is 5.91 Å². The third-order valence-electron chi connectivity index (χ3n) is 7.51. The summed E-state index contributed by atoms with van der Waals surface area (Å²) in [5, 5.41) is 10.1. The van der Waals surface area contributed by atoms with Crippen molar-refractivity contribution in [1.29, 1.82) is 0 Å². The number of primary amides is 1. The van der Waals surface area contributed by atoms with Gasteiger partial charge in [0.05, 0.1) is 4.70 Å². The van der Waals surface area contributed by atoms with Crippen molar-refractivity contribution >= 4 is 27.5 Å². The molecule has 1 saturated carbocycles. The minimum atomic E-state index is -0.856. The monoisotopic (exact) mass is 546 g/mol. The molecular formula is C28H36F2N4O3S. The molecule has 0 unspecified atom stereocenters. The molecule has 0 radical (unpaired) electrons. The van der Waals surface area contributed by atoms with Crippen LogP contribution in [0.4, 0.5) is 8.78 Å². The van der Waals surface area contributed by atoms with Crippen molar-refractivity contribution in [2.75, 3.05) is 32.7 Å². The largest absolute Gasteiger partial charge is 0.506 e. The second-order valence-electron chi connectivity index (χ2n) is 10.1. The summed E-state index contributed by atoms with van der Waals surface area (Å²) >= 11 is 1.12. The number of phenols is 1. The summed E-state index contributed by atoms with van der Waals surface area (Å²) < 4.78 is 28.7. The van der Waals surface area contributed by atoms with E-state index in [9.17, 15) is 23.5 Å². The number of fused-ring (bicyclic) bond motifs is 1. The number of aromatic nitrogens is 1.